The zero-order valence-electron chi connectivity index (χ0n) is 17.8. The summed E-state index contributed by atoms with van der Waals surface area (Å²) in [5.74, 6) is 0.430. The Balaban J connectivity index is 2.01. The van der Waals surface area contributed by atoms with Gasteiger partial charge in [-0.1, -0.05) is 27.2 Å². The van der Waals surface area contributed by atoms with Crippen LogP contribution in [0.25, 0.3) is 0 Å². The molecule has 0 bridgehead atoms. The number of nitrogens with zero attached hydrogens (tertiary/aromatic N) is 3. The van der Waals surface area contributed by atoms with Crippen molar-refractivity contribution in [3.8, 4) is 0 Å². The van der Waals surface area contributed by atoms with Gasteiger partial charge in [0.2, 0.25) is 5.91 Å². The molecule has 2 rings (SSSR count). The molecule has 0 aromatic carbocycles. The normalized spacial score (nSPS) is 16.0. The van der Waals surface area contributed by atoms with Crippen molar-refractivity contribution in [1.82, 2.24) is 20.0 Å². The van der Waals surface area contributed by atoms with Crippen LogP contribution in [0.15, 0.2) is 6.07 Å². The Hall–Kier alpha value is -1.85. The van der Waals surface area contributed by atoms with Gasteiger partial charge in [0.05, 0.1) is 5.54 Å². The van der Waals surface area contributed by atoms with Crippen LogP contribution in [0.2, 0.25) is 0 Å². The number of hydrogen-bond acceptors (Lipinski definition) is 3. The summed E-state index contributed by atoms with van der Waals surface area (Å²) in [5.41, 5.74) is 1.43. The van der Waals surface area contributed by atoms with Crippen molar-refractivity contribution in [3.05, 3.63) is 17.5 Å². The third kappa shape index (κ3) is 5.33. The summed E-state index contributed by atoms with van der Waals surface area (Å²) in [6, 6.07) is 1.93. The largest absolute Gasteiger partial charge is 0.356 e. The molecule has 152 valence electrons. The second kappa shape index (κ2) is 8.89. The molecule has 0 saturated carbocycles. The van der Waals surface area contributed by atoms with E-state index in [0.29, 0.717) is 24.7 Å². The molecule has 1 saturated heterocycles. The fourth-order valence-corrected chi connectivity index (χ4v) is 3.49. The first kappa shape index (κ1) is 21.5. The summed E-state index contributed by atoms with van der Waals surface area (Å²) in [6.45, 7) is 14.6. The number of nitrogens with one attached hydrogen (secondary N) is 1. The van der Waals surface area contributed by atoms with Crippen LogP contribution in [0.1, 0.15) is 89.3 Å². The summed E-state index contributed by atoms with van der Waals surface area (Å²) in [6.07, 6.45) is 3.53. The summed E-state index contributed by atoms with van der Waals surface area (Å²) in [4.78, 5) is 27.0. The quantitative estimate of drug-likeness (QED) is 0.772. The summed E-state index contributed by atoms with van der Waals surface area (Å²) < 4.78 is 1.97. The van der Waals surface area contributed by atoms with E-state index < -0.39 is 0 Å². The molecule has 6 heteroatoms. The minimum Gasteiger partial charge on any atom is -0.356 e. The number of piperidine rings is 1. The van der Waals surface area contributed by atoms with Crippen molar-refractivity contribution in [2.45, 2.75) is 78.7 Å². The maximum Gasteiger partial charge on any atom is 0.274 e. The molecule has 6 nitrogen and oxygen atoms in total. The van der Waals surface area contributed by atoms with E-state index in [9.17, 15) is 9.59 Å². The number of unbranched alkanes of at least 4 members (excludes halogenated alkanes) is 1. The second-order valence-electron chi connectivity index (χ2n) is 8.90. The molecule has 2 amide bonds. The van der Waals surface area contributed by atoms with Crippen LogP contribution in [0, 0.1) is 5.92 Å². The molecule has 1 fully saturated rings. The van der Waals surface area contributed by atoms with Gasteiger partial charge in [-0.05, 0) is 52.0 Å². The second-order valence-corrected chi connectivity index (χ2v) is 8.90. The summed E-state index contributed by atoms with van der Waals surface area (Å²) >= 11 is 0. The van der Waals surface area contributed by atoms with E-state index in [1.54, 1.807) is 0 Å². The first-order valence-corrected chi connectivity index (χ1v) is 10.3. The van der Waals surface area contributed by atoms with Crippen molar-refractivity contribution >= 4 is 11.8 Å². The van der Waals surface area contributed by atoms with E-state index in [4.69, 9.17) is 0 Å². The Bertz CT molecular complexity index is 650. The fraction of sp³-hybridized carbons (Fsp3) is 0.762. The van der Waals surface area contributed by atoms with Gasteiger partial charge in [0.1, 0.15) is 0 Å². The average Bonchev–Trinajstić information content (AvgIpc) is 3.07. The predicted octanol–water partition coefficient (Wildman–Crippen LogP) is 3.53. The molecular formula is C21H36N4O2. The highest BCUT2D eigenvalue weighted by Crippen LogP contribution is 2.25. The Morgan fingerprint density at radius 3 is 2.37 bits per heavy atom. The predicted molar refractivity (Wildman–Crippen MR) is 108 cm³/mol. The molecule has 1 aliphatic rings. The van der Waals surface area contributed by atoms with Crippen molar-refractivity contribution in [1.29, 1.82) is 0 Å². The molecule has 1 aliphatic heterocycles. The molecule has 1 aromatic heterocycles. The van der Waals surface area contributed by atoms with Gasteiger partial charge in [-0.25, -0.2) is 0 Å². The van der Waals surface area contributed by atoms with Crippen LogP contribution in [-0.2, 0) is 10.3 Å². The van der Waals surface area contributed by atoms with Gasteiger partial charge in [0.15, 0.2) is 5.69 Å². The molecule has 0 unspecified atom stereocenters. The molecule has 1 aromatic rings. The summed E-state index contributed by atoms with van der Waals surface area (Å²) in [7, 11) is 0. The summed E-state index contributed by atoms with van der Waals surface area (Å²) in [5, 5.41) is 7.64. The van der Waals surface area contributed by atoms with Gasteiger partial charge in [0.25, 0.3) is 5.91 Å². The van der Waals surface area contributed by atoms with Crippen LogP contribution in [0.4, 0.5) is 0 Å². The topological polar surface area (TPSA) is 67.2 Å². The smallest absolute Gasteiger partial charge is 0.274 e. The standard InChI is InChI=1S/C21H36N4O2/c1-7-8-11-22-19(26)16-9-12-24(13-10-16)20(27)17-14-18(15(2)3)25(23-17)21(4,5)6/h14-16H,7-13H2,1-6H3,(H,22,26). The van der Waals surface area contributed by atoms with Crippen LogP contribution in [0.5, 0.6) is 0 Å². The minimum atomic E-state index is -0.165. The Morgan fingerprint density at radius 1 is 1.26 bits per heavy atom. The number of carbonyl (C=O) groups is 2. The fourth-order valence-electron chi connectivity index (χ4n) is 3.49. The SMILES string of the molecule is CCCCNC(=O)C1CCN(C(=O)c2cc(C(C)C)n(C(C)(C)C)n2)CC1. The van der Waals surface area contributed by atoms with Crippen LogP contribution < -0.4 is 5.32 Å². The molecule has 1 N–H and O–H groups in total. The maximum atomic E-state index is 13.0. The van der Waals surface area contributed by atoms with Crippen LogP contribution in [-0.4, -0.2) is 46.1 Å². The van der Waals surface area contributed by atoms with E-state index in [1.807, 2.05) is 15.6 Å². The van der Waals surface area contributed by atoms with E-state index in [-0.39, 0.29) is 23.3 Å². The lowest BCUT2D eigenvalue weighted by Crippen LogP contribution is -2.43. The van der Waals surface area contributed by atoms with E-state index in [1.165, 1.54) is 0 Å². The highest BCUT2D eigenvalue weighted by Gasteiger charge is 2.30. The molecule has 0 radical (unpaired) electrons. The van der Waals surface area contributed by atoms with Gasteiger partial charge in [0, 0.05) is 31.2 Å². The molecule has 0 atom stereocenters. The lowest BCUT2D eigenvalue weighted by Gasteiger charge is -2.31. The third-order valence-electron chi connectivity index (χ3n) is 5.17. The van der Waals surface area contributed by atoms with Gasteiger partial charge in [-0.15, -0.1) is 0 Å². The number of aromatic nitrogens is 2. The zero-order valence-corrected chi connectivity index (χ0v) is 17.8. The Labute approximate surface area is 163 Å². The van der Waals surface area contributed by atoms with E-state index in [0.717, 1.165) is 37.9 Å². The molecule has 27 heavy (non-hydrogen) atoms. The van der Waals surface area contributed by atoms with Crippen LogP contribution >= 0.6 is 0 Å². The number of likely N-dealkylation sites (tertiary alicyclic amines) is 1. The molecule has 0 aliphatic carbocycles. The van der Waals surface area contributed by atoms with Crippen molar-refractivity contribution in [2.24, 2.45) is 5.92 Å². The molecular weight excluding hydrogens is 340 g/mol. The van der Waals surface area contributed by atoms with Crippen molar-refractivity contribution in [2.75, 3.05) is 19.6 Å². The van der Waals surface area contributed by atoms with Gasteiger partial charge < -0.3 is 10.2 Å². The highest BCUT2D eigenvalue weighted by atomic mass is 16.2. The highest BCUT2D eigenvalue weighted by molar-refractivity contribution is 5.92. The van der Waals surface area contributed by atoms with E-state index >= 15 is 0 Å². The first-order valence-electron chi connectivity index (χ1n) is 10.3. The van der Waals surface area contributed by atoms with E-state index in [2.05, 4.69) is 52.0 Å². The maximum absolute atomic E-state index is 13.0. The van der Waals surface area contributed by atoms with Crippen LogP contribution in [0.3, 0.4) is 0 Å². The number of amides is 2. The minimum absolute atomic E-state index is 0.0178. The number of rotatable bonds is 6. The Kier molecular flexibility index (Phi) is 7.06. The lowest BCUT2D eigenvalue weighted by atomic mass is 9.95. The van der Waals surface area contributed by atoms with Crippen molar-refractivity contribution < 1.29 is 9.59 Å². The first-order chi connectivity index (χ1) is 12.6. The van der Waals surface area contributed by atoms with Gasteiger partial charge in [-0.2, -0.15) is 5.10 Å². The third-order valence-corrected chi connectivity index (χ3v) is 5.17. The average molecular weight is 377 g/mol. The number of carbonyl (C=O) groups excluding carboxylic acids is 2. The number of hydrogen-bond donors (Lipinski definition) is 1. The van der Waals surface area contributed by atoms with Crippen molar-refractivity contribution in [3.63, 3.8) is 0 Å². The van der Waals surface area contributed by atoms with Gasteiger partial charge in [-0.3, -0.25) is 14.3 Å². The van der Waals surface area contributed by atoms with Gasteiger partial charge >= 0.3 is 0 Å². The lowest BCUT2D eigenvalue weighted by molar-refractivity contribution is -0.126. The Morgan fingerprint density at radius 2 is 1.89 bits per heavy atom. The molecule has 2 heterocycles. The monoisotopic (exact) mass is 376 g/mol. The molecule has 0 spiro atoms. The zero-order chi connectivity index (χ0) is 20.2.